The minimum atomic E-state index is 0.0824. The Balaban J connectivity index is 1.37. The van der Waals surface area contributed by atoms with Crippen LogP contribution in [0, 0.1) is 0 Å². The van der Waals surface area contributed by atoms with Crippen molar-refractivity contribution in [3.05, 3.63) is 156 Å². The lowest BCUT2D eigenvalue weighted by atomic mass is 10.0. The molecule has 1 unspecified atom stereocenters. The fourth-order valence-electron chi connectivity index (χ4n) is 6.43. The fraction of sp³-hybridized carbons (Fsp3) is 0.0256. The molecule has 5 heteroatoms. The predicted molar refractivity (Wildman–Crippen MR) is 175 cm³/mol. The van der Waals surface area contributed by atoms with Crippen LogP contribution in [-0.2, 0) is 0 Å². The molecule has 1 aliphatic carbocycles. The standard InChI is InChI=1S/C39H25N4O/c1-3-13-25(14-4-1)37-40-38(26-15-5-2-6-16-26)42-39(41-37)32-24-27(23-31-30-19-9-12-22-35(30)44-36(31)32)43-33-20-10-7-17-28(33)29-18-8-11-21-34(29)43/h1-24,33H/q+1. The lowest BCUT2D eigenvalue weighted by Crippen LogP contribution is -2.33. The molecule has 5 aromatic carbocycles. The van der Waals surface area contributed by atoms with Gasteiger partial charge in [-0.2, -0.15) is 4.58 Å². The summed E-state index contributed by atoms with van der Waals surface area (Å²) in [6.07, 6.45) is 8.73. The lowest BCUT2D eigenvalue weighted by Gasteiger charge is -2.13. The maximum absolute atomic E-state index is 6.57. The van der Waals surface area contributed by atoms with Crippen molar-refractivity contribution in [2.24, 2.45) is 0 Å². The van der Waals surface area contributed by atoms with Gasteiger partial charge in [-0.25, -0.2) is 15.0 Å². The molecule has 44 heavy (non-hydrogen) atoms. The van der Waals surface area contributed by atoms with E-state index in [-0.39, 0.29) is 6.04 Å². The van der Waals surface area contributed by atoms with Gasteiger partial charge in [0, 0.05) is 45.7 Å². The summed E-state index contributed by atoms with van der Waals surface area (Å²) in [6, 6.07) is 41.5. The van der Waals surface area contributed by atoms with Crippen LogP contribution in [0.4, 0.5) is 5.69 Å². The highest BCUT2D eigenvalue weighted by atomic mass is 16.3. The van der Waals surface area contributed by atoms with Crippen molar-refractivity contribution in [3.8, 4) is 34.2 Å². The van der Waals surface area contributed by atoms with Gasteiger partial charge in [-0.15, -0.1) is 0 Å². The van der Waals surface area contributed by atoms with Crippen molar-refractivity contribution in [1.82, 2.24) is 19.5 Å². The van der Waals surface area contributed by atoms with E-state index in [1.165, 1.54) is 16.1 Å². The zero-order chi connectivity index (χ0) is 29.0. The number of hydrogen-bond donors (Lipinski definition) is 0. The number of allylic oxidation sites excluding steroid dienone is 2. The van der Waals surface area contributed by atoms with Gasteiger partial charge in [0.25, 0.3) is 0 Å². The first kappa shape index (κ1) is 24.6. The third-order valence-electron chi connectivity index (χ3n) is 8.43. The molecule has 0 radical (unpaired) electrons. The zero-order valence-electron chi connectivity index (χ0n) is 23.6. The van der Waals surface area contributed by atoms with Gasteiger partial charge in [0.1, 0.15) is 11.2 Å². The van der Waals surface area contributed by atoms with E-state index in [1.807, 2.05) is 72.8 Å². The third-order valence-corrected chi connectivity index (χ3v) is 8.43. The number of hydrogen-bond acceptors (Lipinski definition) is 4. The molecule has 0 amide bonds. The summed E-state index contributed by atoms with van der Waals surface area (Å²) in [5, 5.41) is 4.50. The van der Waals surface area contributed by atoms with E-state index in [1.54, 1.807) is 0 Å². The molecule has 2 aliphatic rings. The largest absolute Gasteiger partial charge is 0.455 e. The molecule has 3 heterocycles. The Morgan fingerprint density at radius 2 is 1.25 bits per heavy atom. The first-order valence-electron chi connectivity index (χ1n) is 14.7. The van der Waals surface area contributed by atoms with Gasteiger partial charge in [0.15, 0.2) is 17.5 Å². The Bertz CT molecular complexity index is 2380. The van der Waals surface area contributed by atoms with Gasteiger partial charge in [-0.05, 0) is 18.2 Å². The molecule has 206 valence electrons. The molecule has 0 bridgehead atoms. The molecular weight excluding hydrogens is 540 g/mol. The highest BCUT2D eigenvalue weighted by molar-refractivity contribution is 6.10. The van der Waals surface area contributed by atoms with Crippen molar-refractivity contribution < 1.29 is 4.42 Å². The number of para-hydroxylation sites is 2. The molecular formula is C39H25N4O+. The summed E-state index contributed by atoms with van der Waals surface area (Å²) >= 11 is 0. The summed E-state index contributed by atoms with van der Waals surface area (Å²) in [6.45, 7) is 0. The number of aromatic nitrogens is 3. The van der Waals surface area contributed by atoms with Crippen LogP contribution in [0.3, 0.4) is 0 Å². The molecule has 0 saturated heterocycles. The number of nitrogens with zero attached hydrogens (tertiary/aromatic N) is 4. The molecule has 5 nitrogen and oxygen atoms in total. The maximum atomic E-state index is 6.57. The second-order valence-electron chi connectivity index (χ2n) is 11.0. The second kappa shape index (κ2) is 9.82. The molecule has 0 fully saturated rings. The number of fused-ring (bicyclic) bond motifs is 5. The SMILES string of the molecule is C1=CC2=c3ccccc3=[N+](c3cc(-c4nc(-c5ccccc5)nc(-c5ccccc5)n4)c4oc5ccccc5c4c3)C2C=C1. The molecule has 0 N–H and O–H groups in total. The van der Waals surface area contributed by atoms with E-state index in [2.05, 4.69) is 77.4 Å². The highest BCUT2D eigenvalue weighted by Gasteiger charge is 2.33. The summed E-state index contributed by atoms with van der Waals surface area (Å²) in [7, 11) is 0. The minimum Gasteiger partial charge on any atom is -0.455 e. The summed E-state index contributed by atoms with van der Waals surface area (Å²) in [5.41, 5.74) is 6.61. The fourth-order valence-corrected chi connectivity index (χ4v) is 6.43. The van der Waals surface area contributed by atoms with E-state index < -0.39 is 0 Å². The molecule has 1 aliphatic heterocycles. The zero-order valence-corrected chi connectivity index (χ0v) is 23.6. The Hall–Kier alpha value is -5.94. The molecule has 2 aromatic heterocycles. The van der Waals surface area contributed by atoms with Gasteiger partial charge < -0.3 is 4.42 Å². The van der Waals surface area contributed by atoms with E-state index in [4.69, 9.17) is 19.4 Å². The first-order chi connectivity index (χ1) is 21.8. The first-order valence-corrected chi connectivity index (χ1v) is 14.7. The van der Waals surface area contributed by atoms with E-state index in [9.17, 15) is 0 Å². The van der Waals surface area contributed by atoms with Gasteiger partial charge in [-0.1, -0.05) is 109 Å². The summed E-state index contributed by atoms with van der Waals surface area (Å²) < 4.78 is 8.98. The Morgan fingerprint density at radius 1 is 0.591 bits per heavy atom. The quantitative estimate of drug-likeness (QED) is 0.211. The Labute approximate surface area is 253 Å². The van der Waals surface area contributed by atoms with Crippen molar-refractivity contribution in [2.45, 2.75) is 6.04 Å². The van der Waals surface area contributed by atoms with Crippen LogP contribution in [0.5, 0.6) is 0 Å². The van der Waals surface area contributed by atoms with Crippen LogP contribution in [0.15, 0.2) is 150 Å². The normalized spacial score (nSPS) is 15.2. The van der Waals surface area contributed by atoms with Crippen molar-refractivity contribution in [3.63, 3.8) is 0 Å². The Kier molecular flexibility index (Phi) is 5.50. The Morgan fingerprint density at radius 3 is 2.02 bits per heavy atom. The van der Waals surface area contributed by atoms with Crippen LogP contribution in [0.25, 0.3) is 61.7 Å². The lowest BCUT2D eigenvalue weighted by molar-refractivity contribution is 0.669. The second-order valence-corrected chi connectivity index (χ2v) is 11.0. The molecule has 0 spiro atoms. The number of rotatable bonds is 4. The van der Waals surface area contributed by atoms with Crippen LogP contribution in [0.1, 0.15) is 0 Å². The van der Waals surface area contributed by atoms with E-state index in [0.29, 0.717) is 17.5 Å². The summed E-state index contributed by atoms with van der Waals surface area (Å²) in [5.74, 6) is 1.80. The minimum absolute atomic E-state index is 0.0824. The van der Waals surface area contributed by atoms with Crippen molar-refractivity contribution in [2.75, 3.05) is 0 Å². The smallest absolute Gasteiger partial charge is 0.214 e. The number of furan rings is 1. The average molecular weight is 566 g/mol. The average Bonchev–Trinajstić information content (AvgIpc) is 3.64. The van der Waals surface area contributed by atoms with Crippen molar-refractivity contribution in [1.29, 1.82) is 0 Å². The van der Waals surface area contributed by atoms with Gasteiger partial charge >= 0.3 is 0 Å². The third kappa shape index (κ3) is 3.87. The van der Waals surface area contributed by atoms with Gasteiger partial charge in [0.05, 0.1) is 10.8 Å². The molecule has 1 atom stereocenters. The molecule has 9 rings (SSSR count). The van der Waals surface area contributed by atoms with Gasteiger partial charge in [-0.3, -0.25) is 0 Å². The van der Waals surface area contributed by atoms with E-state index in [0.717, 1.165) is 44.3 Å². The predicted octanol–water partition coefficient (Wildman–Crippen LogP) is 7.25. The van der Waals surface area contributed by atoms with Gasteiger partial charge in [0.2, 0.25) is 17.1 Å². The summed E-state index contributed by atoms with van der Waals surface area (Å²) in [4.78, 5) is 15.1. The van der Waals surface area contributed by atoms with Crippen LogP contribution in [-0.4, -0.2) is 21.0 Å². The van der Waals surface area contributed by atoms with Crippen LogP contribution in [0.2, 0.25) is 0 Å². The van der Waals surface area contributed by atoms with E-state index >= 15 is 0 Å². The monoisotopic (exact) mass is 565 g/mol. The number of benzene rings is 5. The maximum Gasteiger partial charge on any atom is 0.214 e. The molecule has 0 saturated carbocycles. The van der Waals surface area contributed by atoms with Crippen molar-refractivity contribution >= 4 is 33.2 Å². The highest BCUT2D eigenvalue weighted by Crippen LogP contribution is 2.39. The topological polar surface area (TPSA) is 54.8 Å². The molecule has 7 aromatic rings. The van der Waals surface area contributed by atoms with Crippen LogP contribution < -0.4 is 15.2 Å². The van der Waals surface area contributed by atoms with Crippen LogP contribution >= 0.6 is 0 Å².